The molecule has 150 valence electrons. The van der Waals surface area contributed by atoms with E-state index in [0.717, 1.165) is 6.20 Å². The number of carbonyl (C=O) groups excluding carboxylic acids is 1. The van der Waals surface area contributed by atoms with Crippen molar-refractivity contribution in [1.82, 2.24) is 25.0 Å². The number of Topliss-reactive ketones (excluding diaryl/α,β-unsaturated/α-hetero) is 1. The average molecular weight is 397 g/mol. The summed E-state index contributed by atoms with van der Waals surface area (Å²) >= 11 is 0. The normalized spacial score (nSPS) is 15.0. The molecule has 29 heavy (non-hydrogen) atoms. The topological polar surface area (TPSA) is 92.0 Å². The first-order valence-electron chi connectivity index (χ1n) is 9.14. The maximum Gasteiger partial charge on any atom is 0.213 e. The third-order valence-corrected chi connectivity index (χ3v) is 4.82. The van der Waals surface area contributed by atoms with Crippen LogP contribution in [0.15, 0.2) is 36.7 Å². The van der Waals surface area contributed by atoms with Gasteiger partial charge in [-0.1, -0.05) is 12.1 Å². The summed E-state index contributed by atoms with van der Waals surface area (Å²) in [5.74, 6) is -0.0117. The van der Waals surface area contributed by atoms with Gasteiger partial charge in [0, 0.05) is 36.7 Å². The maximum atomic E-state index is 13.1. The van der Waals surface area contributed by atoms with Crippen LogP contribution in [-0.2, 0) is 18.4 Å². The molecule has 1 aliphatic rings. The van der Waals surface area contributed by atoms with E-state index in [-0.39, 0.29) is 17.8 Å². The molecule has 0 spiro atoms. The molecule has 0 N–H and O–H groups in total. The van der Waals surface area contributed by atoms with Crippen molar-refractivity contribution in [2.75, 3.05) is 13.2 Å². The highest BCUT2D eigenvalue weighted by Gasteiger charge is 2.35. The number of aryl methyl sites for hydroxylation is 1. The zero-order valence-corrected chi connectivity index (χ0v) is 16.1. The molecule has 8 nitrogen and oxygen atoms in total. The van der Waals surface area contributed by atoms with E-state index in [0.29, 0.717) is 48.2 Å². The minimum Gasteiger partial charge on any atom is -0.471 e. The number of aromatic nitrogens is 5. The van der Waals surface area contributed by atoms with Crippen LogP contribution >= 0.6 is 0 Å². The fraction of sp³-hybridized carbons (Fsp3) is 0.350. The van der Waals surface area contributed by atoms with E-state index in [1.807, 2.05) is 6.92 Å². The quantitative estimate of drug-likeness (QED) is 0.566. The number of hydrogen-bond donors (Lipinski definition) is 0. The highest BCUT2D eigenvalue weighted by Crippen LogP contribution is 2.32. The van der Waals surface area contributed by atoms with Gasteiger partial charge in [-0.05, 0) is 18.2 Å². The predicted octanol–water partition coefficient (Wildman–Crippen LogP) is 2.60. The fourth-order valence-electron chi connectivity index (χ4n) is 3.07. The molecule has 4 heterocycles. The molecule has 0 bridgehead atoms. The molecule has 1 saturated heterocycles. The van der Waals surface area contributed by atoms with Crippen LogP contribution in [0.2, 0.25) is 0 Å². The molecule has 0 saturated carbocycles. The zero-order valence-electron chi connectivity index (χ0n) is 16.1. The molecule has 9 heteroatoms. The van der Waals surface area contributed by atoms with Gasteiger partial charge in [0.15, 0.2) is 5.78 Å². The fourth-order valence-corrected chi connectivity index (χ4v) is 3.07. The molecule has 0 unspecified atom stereocenters. The first-order chi connectivity index (χ1) is 13.9. The van der Waals surface area contributed by atoms with Crippen LogP contribution in [0.4, 0.5) is 4.39 Å². The maximum absolute atomic E-state index is 13.1. The van der Waals surface area contributed by atoms with Gasteiger partial charge in [0.25, 0.3) is 0 Å². The summed E-state index contributed by atoms with van der Waals surface area (Å²) in [4.78, 5) is 20.7. The molecule has 0 amide bonds. The van der Waals surface area contributed by atoms with Crippen LogP contribution in [-0.4, -0.2) is 44.0 Å². The largest absolute Gasteiger partial charge is 0.471 e. The minimum atomic E-state index is -0.423. The van der Waals surface area contributed by atoms with Gasteiger partial charge in [-0.2, -0.15) is 0 Å². The van der Waals surface area contributed by atoms with Crippen LogP contribution < -0.4 is 4.74 Å². The van der Waals surface area contributed by atoms with Crippen LogP contribution in [0.5, 0.6) is 5.88 Å². The molecular weight excluding hydrogens is 377 g/mol. The highest BCUT2D eigenvalue weighted by molar-refractivity contribution is 5.96. The molecule has 3 aromatic rings. The van der Waals surface area contributed by atoms with Gasteiger partial charge in [0.2, 0.25) is 5.88 Å². The van der Waals surface area contributed by atoms with Gasteiger partial charge >= 0.3 is 0 Å². The van der Waals surface area contributed by atoms with Crippen LogP contribution in [0, 0.1) is 11.2 Å². The molecule has 4 rings (SSSR count). The Morgan fingerprint density at radius 1 is 1.24 bits per heavy atom. The monoisotopic (exact) mass is 397 g/mol. The van der Waals surface area contributed by atoms with Crippen molar-refractivity contribution < 1.29 is 18.7 Å². The van der Waals surface area contributed by atoms with Crippen molar-refractivity contribution in [3.8, 4) is 17.3 Å². The summed E-state index contributed by atoms with van der Waals surface area (Å²) in [6, 6.07) is 6.22. The van der Waals surface area contributed by atoms with Crippen molar-refractivity contribution >= 4 is 5.78 Å². The van der Waals surface area contributed by atoms with Crippen molar-refractivity contribution in [3.63, 3.8) is 0 Å². The summed E-state index contributed by atoms with van der Waals surface area (Å²) in [5.41, 5.74) is 2.15. The second kappa shape index (κ2) is 7.67. The van der Waals surface area contributed by atoms with Crippen LogP contribution in [0.25, 0.3) is 11.4 Å². The summed E-state index contributed by atoms with van der Waals surface area (Å²) in [5, 5.41) is 8.08. The van der Waals surface area contributed by atoms with Crippen LogP contribution in [0.1, 0.15) is 29.4 Å². The van der Waals surface area contributed by atoms with Crippen molar-refractivity contribution in [3.05, 3.63) is 53.7 Å². The number of ketones is 1. The van der Waals surface area contributed by atoms with E-state index in [1.54, 1.807) is 23.9 Å². The summed E-state index contributed by atoms with van der Waals surface area (Å²) < 4.78 is 25.6. The lowest BCUT2D eigenvalue weighted by Crippen LogP contribution is -2.41. The number of rotatable bonds is 7. The Morgan fingerprint density at radius 2 is 2.07 bits per heavy atom. The molecule has 1 fully saturated rings. The van der Waals surface area contributed by atoms with Crippen molar-refractivity contribution in [2.45, 2.75) is 20.0 Å². The second-order valence-electron chi connectivity index (χ2n) is 7.45. The van der Waals surface area contributed by atoms with E-state index in [2.05, 4.69) is 20.3 Å². The van der Waals surface area contributed by atoms with Gasteiger partial charge < -0.3 is 9.47 Å². The summed E-state index contributed by atoms with van der Waals surface area (Å²) in [6.07, 6.45) is 3.08. The summed E-state index contributed by atoms with van der Waals surface area (Å²) in [7, 11) is 1.73. The molecule has 3 aromatic heterocycles. The van der Waals surface area contributed by atoms with Gasteiger partial charge in [0.1, 0.15) is 23.8 Å². The van der Waals surface area contributed by atoms with Crippen molar-refractivity contribution in [2.24, 2.45) is 12.5 Å². The summed E-state index contributed by atoms with van der Waals surface area (Å²) in [6.45, 7) is 3.40. The Kier molecular flexibility index (Phi) is 5.06. The SMILES string of the molecule is Cn1nnc(-c2ccc(F)cn2)c1COc1ccc(C(=O)CC2(C)COC2)cn1. The van der Waals surface area contributed by atoms with E-state index in [9.17, 15) is 9.18 Å². The van der Waals surface area contributed by atoms with E-state index >= 15 is 0 Å². The number of ether oxygens (including phenoxy) is 2. The standard InChI is InChI=1S/C20H20FN5O3/c1-20(11-28-12-20)7-17(27)13-3-6-18(23-8-13)29-10-16-19(24-25-26(16)2)15-5-4-14(21)9-22-15/h3-6,8-9H,7,10-12H2,1-2H3. The number of nitrogens with zero attached hydrogens (tertiary/aromatic N) is 5. The molecular formula is C20H20FN5O3. The lowest BCUT2D eigenvalue weighted by atomic mass is 9.82. The lowest BCUT2D eigenvalue weighted by molar-refractivity contribution is -0.0996. The molecule has 1 aliphatic heterocycles. The van der Waals surface area contributed by atoms with Gasteiger partial charge in [-0.3, -0.25) is 9.78 Å². The first-order valence-corrected chi connectivity index (χ1v) is 9.14. The van der Waals surface area contributed by atoms with Crippen LogP contribution in [0.3, 0.4) is 0 Å². The Morgan fingerprint density at radius 3 is 2.69 bits per heavy atom. The average Bonchev–Trinajstić information content (AvgIpc) is 3.06. The Balaban J connectivity index is 1.42. The predicted molar refractivity (Wildman–Crippen MR) is 101 cm³/mol. The third-order valence-electron chi connectivity index (χ3n) is 4.82. The van der Waals surface area contributed by atoms with Crippen molar-refractivity contribution in [1.29, 1.82) is 0 Å². The minimum absolute atomic E-state index is 0.0374. The third kappa shape index (κ3) is 4.14. The molecule has 0 radical (unpaired) electrons. The number of hydrogen-bond acceptors (Lipinski definition) is 7. The number of pyridine rings is 2. The molecule has 0 aromatic carbocycles. The van der Waals surface area contributed by atoms with E-state index in [4.69, 9.17) is 9.47 Å². The van der Waals surface area contributed by atoms with Gasteiger partial charge in [-0.25, -0.2) is 14.1 Å². The first kappa shape index (κ1) is 19.1. The molecule has 0 aliphatic carbocycles. The zero-order chi connectivity index (χ0) is 20.4. The van der Waals surface area contributed by atoms with E-state index < -0.39 is 5.82 Å². The second-order valence-corrected chi connectivity index (χ2v) is 7.45. The lowest BCUT2D eigenvalue weighted by Gasteiger charge is -2.37. The number of carbonyl (C=O) groups is 1. The van der Waals surface area contributed by atoms with E-state index in [1.165, 1.54) is 18.3 Å². The highest BCUT2D eigenvalue weighted by atomic mass is 19.1. The van der Waals surface area contributed by atoms with Gasteiger partial charge in [-0.15, -0.1) is 5.10 Å². The Hall–Kier alpha value is -3.20. The molecule has 0 atom stereocenters. The number of halogens is 1. The Labute approximate surface area is 166 Å². The Bertz CT molecular complexity index is 1010. The smallest absolute Gasteiger partial charge is 0.213 e. The van der Waals surface area contributed by atoms with Gasteiger partial charge in [0.05, 0.1) is 25.1 Å².